The number of nitrogens with one attached hydrogen (secondary N) is 1. The van der Waals surface area contributed by atoms with Crippen LogP contribution in [-0.4, -0.2) is 25.1 Å². The van der Waals surface area contributed by atoms with Gasteiger partial charge in [0.25, 0.3) is 0 Å². The van der Waals surface area contributed by atoms with Gasteiger partial charge in [0.2, 0.25) is 5.91 Å². The van der Waals surface area contributed by atoms with Crippen LogP contribution in [0.15, 0.2) is 53.9 Å². The maximum atomic E-state index is 12.2. The van der Waals surface area contributed by atoms with Crippen molar-refractivity contribution in [1.82, 2.24) is 4.98 Å². The van der Waals surface area contributed by atoms with Crippen molar-refractivity contribution in [2.75, 3.05) is 19.5 Å². The van der Waals surface area contributed by atoms with Crippen LogP contribution in [0.5, 0.6) is 11.5 Å². The normalized spacial score (nSPS) is 10.8. The van der Waals surface area contributed by atoms with Gasteiger partial charge in [-0.3, -0.25) is 10.1 Å². The van der Waals surface area contributed by atoms with Crippen molar-refractivity contribution in [1.29, 1.82) is 0 Å². The first kappa shape index (κ1) is 18.7. The van der Waals surface area contributed by atoms with E-state index in [-0.39, 0.29) is 5.91 Å². The summed E-state index contributed by atoms with van der Waals surface area (Å²) < 4.78 is 10.7. The molecular formula is C21H20N2O3S. The van der Waals surface area contributed by atoms with E-state index >= 15 is 0 Å². The largest absolute Gasteiger partial charge is 0.496 e. The Kier molecular flexibility index (Phi) is 5.88. The minimum Gasteiger partial charge on any atom is -0.496 e. The van der Waals surface area contributed by atoms with Gasteiger partial charge in [-0.2, -0.15) is 0 Å². The molecule has 0 fully saturated rings. The summed E-state index contributed by atoms with van der Waals surface area (Å²) in [5, 5.41) is 5.22. The number of hydrogen-bond acceptors (Lipinski definition) is 5. The van der Waals surface area contributed by atoms with Gasteiger partial charge in [0.05, 0.1) is 19.9 Å². The summed E-state index contributed by atoms with van der Waals surface area (Å²) in [6.45, 7) is 2.01. The van der Waals surface area contributed by atoms with E-state index in [1.54, 1.807) is 20.3 Å². The molecule has 138 valence electrons. The predicted molar refractivity (Wildman–Crippen MR) is 109 cm³/mol. The molecular weight excluding hydrogens is 360 g/mol. The molecule has 0 aliphatic rings. The first-order valence-electron chi connectivity index (χ1n) is 8.33. The van der Waals surface area contributed by atoms with Gasteiger partial charge < -0.3 is 9.47 Å². The molecule has 1 heterocycles. The summed E-state index contributed by atoms with van der Waals surface area (Å²) >= 11 is 1.37. The zero-order valence-corrected chi connectivity index (χ0v) is 16.2. The van der Waals surface area contributed by atoms with Crippen molar-refractivity contribution in [3.8, 4) is 22.8 Å². The Morgan fingerprint density at radius 1 is 1.11 bits per heavy atom. The molecule has 1 N–H and O–H groups in total. The fourth-order valence-electron chi connectivity index (χ4n) is 2.59. The number of carbonyl (C=O) groups is 1. The average Bonchev–Trinajstić information content (AvgIpc) is 3.14. The van der Waals surface area contributed by atoms with Crippen LogP contribution in [0.3, 0.4) is 0 Å². The van der Waals surface area contributed by atoms with Crippen LogP contribution in [0.25, 0.3) is 17.3 Å². The van der Waals surface area contributed by atoms with Crippen molar-refractivity contribution in [3.63, 3.8) is 0 Å². The second-order valence-electron chi connectivity index (χ2n) is 5.81. The summed E-state index contributed by atoms with van der Waals surface area (Å²) in [5.41, 5.74) is 3.62. The predicted octanol–water partition coefficient (Wildman–Crippen LogP) is 4.79. The van der Waals surface area contributed by atoms with Crippen LogP contribution in [0.1, 0.15) is 11.1 Å². The molecule has 0 spiro atoms. The van der Waals surface area contributed by atoms with Crippen molar-refractivity contribution in [2.45, 2.75) is 6.92 Å². The molecule has 2 aromatic carbocycles. The van der Waals surface area contributed by atoms with E-state index in [2.05, 4.69) is 10.3 Å². The quantitative estimate of drug-likeness (QED) is 0.625. The minimum atomic E-state index is -0.252. The van der Waals surface area contributed by atoms with E-state index < -0.39 is 0 Å². The highest BCUT2D eigenvalue weighted by atomic mass is 32.1. The van der Waals surface area contributed by atoms with Gasteiger partial charge in [-0.15, -0.1) is 11.3 Å². The summed E-state index contributed by atoms with van der Waals surface area (Å²) in [6.07, 6.45) is 3.18. The fourth-order valence-corrected chi connectivity index (χ4v) is 3.31. The van der Waals surface area contributed by atoms with Crippen molar-refractivity contribution in [3.05, 3.63) is 65.0 Å². The fraction of sp³-hybridized carbons (Fsp3) is 0.143. The molecule has 0 aliphatic carbocycles. The van der Waals surface area contributed by atoms with Gasteiger partial charge in [-0.1, -0.05) is 29.8 Å². The second-order valence-corrected chi connectivity index (χ2v) is 6.66. The summed E-state index contributed by atoms with van der Waals surface area (Å²) in [5.74, 6) is 1.21. The number of carbonyl (C=O) groups excluding carboxylic acids is 1. The number of ether oxygens (including phenoxy) is 2. The van der Waals surface area contributed by atoms with Crippen LogP contribution in [-0.2, 0) is 4.79 Å². The van der Waals surface area contributed by atoms with Crippen LogP contribution >= 0.6 is 11.3 Å². The number of methoxy groups -OCH3 is 2. The highest BCUT2D eigenvalue weighted by molar-refractivity contribution is 7.14. The molecule has 0 radical (unpaired) electrons. The van der Waals surface area contributed by atoms with E-state index in [0.29, 0.717) is 10.9 Å². The minimum absolute atomic E-state index is 0.252. The van der Waals surface area contributed by atoms with Crippen LogP contribution in [0.4, 0.5) is 5.13 Å². The SMILES string of the molecule is COc1ccccc1/C=C/C(=O)Nc1nc(-c2cc(C)ccc2OC)cs1. The third-order valence-electron chi connectivity index (χ3n) is 3.92. The number of thiazole rings is 1. The van der Waals surface area contributed by atoms with Gasteiger partial charge in [0, 0.05) is 22.6 Å². The van der Waals surface area contributed by atoms with Crippen LogP contribution in [0, 0.1) is 6.92 Å². The lowest BCUT2D eigenvalue weighted by Crippen LogP contribution is -2.07. The Morgan fingerprint density at radius 3 is 2.67 bits per heavy atom. The zero-order valence-electron chi connectivity index (χ0n) is 15.4. The smallest absolute Gasteiger partial charge is 0.250 e. The number of aromatic nitrogens is 1. The lowest BCUT2D eigenvalue weighted by molar-refractivity contribution is -0.111. The number of hydrogen-bond donors (Lipinski definition) is 1. The lowest BCUT2D eigenvalue weighted by Gasteiger charge is -2.07. The number of anilines is 1. The highest BCUT2D eigenvalue weighted by Gasteiger charge is 2.11. The number of benzene rings is 2. The molecule has 0 saturated heterocycles. The third-order valence-corrected chi connectivity index (χ3v) is 4.68. The Balaban J connectivity index is 1.73. The van der Waals surface area contributed by atoms with Gasteiger partial charge in [-0.05, 0) is 31.2 Å². The highest BCUT2D eigenvalue weighted by Crippen LogP contribution is 2.33. The molecule has 0 atom stereocenters. The number of para-hydroxylation sites is 1. The van der Waals surface area contributed by atoms with E-state index in [1.165, 1.54) is 17.4 Å². The van der Waals surface area contributed by atoms with Gasteiger partial charge in [0.1, 0.15) is 11.5 Å². The van der Waals surface area contributed by atoms with Gasteiger partial charge in [-0.25, -0.2) is 4.98 Å². The van der Waals surface area contributed by atoms with E-state index in [0.717, 1.165) is 28.1 Å². The summed E-state index contributed by atoms with van der Waals surface area (Å²) in [4.78, 5) is 16.7. The van der Waals surface area contributed by atoms with Crippen LogP contribution in [0.2, 0.25) is 0 Å². The first-order valence-corrected chi connectivity index (χ1v) is 9.21. The topological polar surface area (TPSA) is 60.5 Å². The molecule has 0 bridgehead atoms. The van der Waals surface area contributed by atoms with Crippen molar-refractivity contribution < 1.29 is 14.3 Å². The number of aryl methyl sites for hydroxylation is 1. The van der Waals surface area contributed by atoms with E-state index in [1.807, 2.05) is 54.8 Å². The van der Waals surface area contributed by atoms with Crippen LogP contribution < -0.4 is 14.8 Å². The Labute approximate surface area is 162 Å². The van der Waals surface area contributed by atoms with Crippen molar-refractivity contribution >= 4 is 28.5 Å². The standard InChI is InChI=1S/C21H20N2O3S/c1-14-8-10-19(26-3)16(12-14)17-13-27-21(22-17)23-20(24)11-9-15-6-4-5-7-18(15)25-2/h4-13H,1-3H3,(H,22,23,24)/b11-9+. The molecule has 0 unspecified atom stereocenters. The molecule has 0 aliphatic heterocycles. The Bertz CT molecular complexity index is 979. The monoisotopic (exact) mass is 380 g/mol. The van der Waals surface area contributed by atoms with Crippen molar-refractivity contribution in [2.24, 2.45) is 0 Å². The number of nitrogens with zero attached hydrogens (tertiary/aromatic N) is 1. The maximum absolute atomic E-state index is 12.2. The molecule has 3 rings (SSSR count). The van der Waals surface area contributed by atoms with E-state index in [9.17, 15) is 4.79 Å². The van der Waals surface area contributed by atoms with E-state index in [4.69, 9.17) is 9.47 Å². The summed E-state index contributed by atoms with van der Waals surface area (Å²) in [6, 6.07) is 13.4. The molecule has 6 heteroatoms. The average molecular weight is 380 g/mol. The first-order chi connectivity index (χ1) is 13.1. The number of amides is 1. The molecule has 3 aromatic rings. The van der Waals surface area contributed by atoms with Gasteiger partial charge >= 0.3 is 0 Å². The Morgan fingerprint density at radius 2 is 1.89 bits per heavy atom. The third kappa shape index (κ3) is 4.54. The Hall–Kier alpha value is -3.12. The summed E-state index contributed by atoms with van der Waals surface area (Å²) in [7, 11) is 3.23. The molecule has 5 nitrogen and oxygen atoms in total. The lowest BCUT2D eigenvalue weighted by atomic mass is 10.1. The maximum Gasteiger partial charge on any atom is 0.250 e. The number of rotatable bonds is 6. The second kappa shape index (κ2) is 8.51. The molecule has 1 aromatic heterocycles. The molecule has 0 saturated carbocycles. The van der Waals surface area contributed by atoms with Gasteiger partial charge in [0.15, 0.2) is 5.13 Å². The zero-order chi connectivity index (χ0) is 19.2. The molecule has 1 amide bonds. The molecule has 27 heavy (non-hydrogen) atoms.